The molecule has 0 saturated heterocycles. The van der Waals surface area contributed by atoms with Gasteiger partial charge in [0.2, 0.25) is 0 Å². The number of halogens is 1. The summed E-state index contributed by atoms with van der Waals surface area (Å²) in [5.74, 6) is 0.806. The first-order valence-electron chi connectivity index (χ1n) is 10.7. The molecule has 2 amide bonds. The lowest BCUT2D eigenvalue weighted by molar-refractivity contribution is -0.140. The Labute approximate surface area is 211 Å². The number of anilines is 2. The van der Waals surface area contributed by atoms with Crippen LogP contribution >= 0.6 is 22.9 Å². The first-order valence-corrected chi connectivity index (χ1v) is 11.9. The van der Waals surface area contributed by atoms with Crippen molar-refractivity contribution in [2.75, 3.05) is 17.7 Å². The first kappa shape index (κ1) is 24.3. The first-order chi connectivity index (χ1) is 17.0. The molecule has 1 aromatic heterocycles. The third kappa shape index (κ3) is 6.81. The number of urea groups is 1. The van der Waals surface area contributed by atoms with Gasteiger partial charge in [0.25, 0.3) is 0 Å². The van der Waals surface area contributed by atoms with Crippen molar-refractivity contribution in [1.29, 1.82) is 0 Å². The van der Waals surface area contributed by atoms with Gasteiger partial charge in [0.05, 0.1) is 29.1 Å². The highest BCUT2D eigenvalue weighted by atomic mass is 35.5. The molecule has 4 aromatic rings. The van der Waals surface area contributed by atoms with Crippen LogP contribution in [0, 0.1) is 0 Å². The van der Waals surface area contributed by atoms with E-state index in [1.54, 1.807) is 24.4 Å². The molecule has 0 fully saturated rings. The number of rotatable bonds is 8. The van der Waals surface area contributed by atoms with Gasteiger partial charge >= 0.3 is 12.0 Å². The normalized spacial score (nSPS) is 10.5. The van der Waals surface area contributed by atoms with Crippen LogP contribution in [-0.2, 0) is 16.0 Å². The molecule has 3 aromatic carbocycles. The summed E-state index contributed by atoms with van der Waals surface area (Å²) >= 11 is 7.64. The lowest BCUT2D eigenvalue weighted by Crippen LogP contribution is -2.19. The van der Waals surface area contributed by atoms with Crippen molar-refractivity contribution in [3.05, 3.63) is 89.0 Å². The molecule has 0 spiro atoms. The van der Waals surface area contributed by atoms with Gasteiger partial charge in [0.15, 0.2) is 5.75 Å². The minimum Gasteiger partial charge on any atom is -0.469 e. The van der Waals surface area contributed by atoms with E-state index in [0.717, 1.165) is 15.4 Å². The summed E-state index contributed by atoms with van der Waals surface area (Å²) < 4.78 is 10.6. The van der Waals surface area contributed by atoms with E-state index in [9.17, 15) is 9.59 Å². The molecule has 0 aliphatic rings. The number of thiazole rings is 1. The molecule has 9 heteroatoms. The van der Waals surface area contributed by atoms with Crippen LogP contribution < -0.4 is 15.4 Å². The molecule has 4 rings (SSSR count). The van der Waals surface area contributed by atoms with E-state index in [2.05, 4.69) is 20.4 Å². The second kappa shape index (κ2) is 11.5. The maximum absolute atomic E-state index is 12.6. The van der Waals surface area contributed by atoms with Crippen LogP contribution in [0.4, 0.5) is 16.2 Å². The van der Waals surface area contributed by atoms with Gasteiger partial charge < -0.3 is 20.1 Å². The molecule has 35 heavy (non-hydrogen) atoms. The molecular formula is C26H22ClN3O4S. The van der Waals surface area contributed by atoms with Crippen LogP contribution in [0.2, 0.25) is 5.02 Å². The second-order valence-corrected chi connectivity index (χ2v) is 8.96. The monoisotopic (exact) mass is 507 g/mol. The topological polar surface area (TPSA) is 89.5 Å². The van der Waals surface area contributed by atoms with E-state index in [1.807, 2.05) is 54.6 Å². The summed E-state index contributed by atoms with van der Waals surface area (Å²) in [4.78, 5) is 29.3. The van der Waals surface area contributed by atoms with Crippen LogP contribution in [0.15, 0.2) is 79.0 Å². The highest BCUT2D eigenvalue weighted by molar-refractivity contribution is 7.15. The fourth-order valence-electron chi connectivity index (χ4n) is 3.17. The largest absolute Gasteiger partial charge is 0.469 e. The Balaban J connectivity index is 1.38. The van der Waals surface area contributed by atoms with E-state index in [1.165, 1.54) is 18.4 Å². The highest BCUT2D eigenvalue weighted by Crippen LogP contribution is 2.32. The Morgan fingerprint density at radius 2 is 1.77 bits per heavy atom. The average Bonchev–Trinajstić information content (AvgIpc) is 3.34. The van der Waals surface area contributed by atoms with Crippen LogP contribution in [0.5, 0.6) is 11.5 Å². The Kier molecular flexibility index (Phi) is 7.97. The zero-order valence-electron chi connectivity index (χ0n) is 18.8. The molecule has 1 heterocycles. The van der Waals surface area contributed by atoms with Gasteiger partial charge in [-0.05, 0) is 42.0 Å². The van der Waals surface area contributed by atoms with E-state index < -0.39 is 6.03 Å². The minimum atomic E-state index is -0.416. The highest BCUT2D eigenvalue weighted by Gasteiger charge is 2.11. The van der Waals surface area contributed by atoms with Crippen molar-refractivity contribution in [3.63, 3.8) is 0 Å². The summed E-state index contributed by atoms with van der Waals surface area (Å²) in [6.07, 6.45) is 2.62. The van der Waals surface area contributed by atoms with Gasteiger partial charge in [-0.2, -0.15) is 0 Å². The maximum atomic E-state index is 12.6. The summed E-state index contributed by atoms with van der Waals surface area (Å²) in [5.41, 5.74) is 2.08. The number of carbonyl (C=O) groups excluding carboxylic acids is 2. The molecule has 7 nitrogen and oxygen atoms in total. The molecule has 0 unspecified atom stereocenters. The lowest BCUT2D eigenvalue weighted by atomic mass is 10.2. The maximum Gasteiger partial charge on any atom is 0.323 e. The Morgan fingerprint density at radius 3 is 2.51 bits per heavy atom. The third-order valence-corrected chi connectivity index (χ3v) is 6.26. The summed E-state index contributed by atoms with van der Waals surface area (Å²) in [7, 11) is 1.37. The number of amides is 2. The fraction of sp³-hybridized carbons (Fsp3) is 0.115. The number of nitrogens with zero attached hydrogens (tertiary/aromatic N) is 1. The molecule has 0 atom stereocenters. The SMILES string of the molecule is COC(=O)CCc1ncc(-c2ccc(NC(=O)Nc3ccc(Cl)cc3Oc3ccccc3)cc2)s1. The number of para-hydroxylation sites is 1. The number of hydrogen-bond acceptors (Lipinski definition) is 6. The molecule has 0 aliphatic heterocycles. The predicted molar refractivity (Wildman–Crippen MR) is 138 cm³/mol. The molecule has 0 radical (unpaired) electrons. The van der Waals surface area contributed by atoms with Crippen LogP contribution in [0.25, 0.3) is 10.4 Å². The third-order valence-electron chi connectivity index (χ3n) is 4.91. The van der Waals surface area contributed by atoms with E-state index >= 15 is 0 Å². The average molecular weight is 508 g/mol. The van der Waals surface area contributed by atoms with Crippen molar-refractivity contribution in [3.8, 4) is 21.9 Å². The Morgan fingerprint density at radius 1 is 1.00 bits per heavy atom. The van der Waals surface area contributed by atoms with Gasteiger partial charge in [-0.1, -0.05) is 41.9 Å². The predicted octanol–water partition coefficient (Wildman–Crippen LogP) is 7.01. The molecular weight excluding hydrogens is 486 g/mol. The van der Waals surface area contributed by atoms with E-state index in [4.69, 9.17) is 16.3 Å². The molecule has 0 aliphatic carbocycles. The molecule has 0 saturated carbocycles. The van der Waals surface area contributed by atoms with E-state index in [-0.39, 0.29) is 5.97 Å². The van der Waals surface area contributed by atoms with Crippen molar-refractivity contribution in [2.24, 2.45) is 0 Å². The standard InChI is InChI=1S/C26H22ClN3O4S/c1-33-25(31)14-13-24-28-16-23(35-24)17-7-10-19(11-8-17)29-26(32)30-21-12-9-18(27)15-22(21)34-20-5-3-2-4-6-20/h2-12,15-16H,13-14H2,1H3,(H2,29,30,32). The van der Waals surface area contributed by atoms with Crippen molar-refractivity contribution in [2.45, 2.75) is 12.8 Å². The number of aromatic nitrogens is 1. The zero-order chi connectivity index (χ0) is 24.6. The molecule has 2 N–H and O–H groups in total. The van der Waals surface area contributed by atoms with Gasteiger partial charge in [-0.15, -0.1) is 11.3 Å². The number of methoxy groups -OCH3 is 1. The molecule has 0 bridgehead atoms. The quantitative estimate of drug-likeness (QED) is 0.250. The number of esters is 1. The van der Waals surface area contributed by atoms with E-state index in [0.29, 0.717) is 40.7 Å². The Hall–Kier alpha value is -3.88. The number of aryl methyl sites for hydroxylation is 1. The van der Waals surface area contributed by atoms with Gasteiger partial charge in [0.1, 0.15) is 5.75 Å². The number of carbonyl (C=O) groups is 2. The van der Waals surface area contributed by atoms with Gasteiger partial charge in [0, 0.05) is 29.4 Å². The second-order valence-electron chi connectivity index (χ2n) is 7.41. The number of benzene rings is 3. The smallest absolute Gasteiger partial charge is 0.323 e. The fourth-order valence-corrected chi connectivity index (χ4v) is 4.26. The summed E-state index contributed by atoms with van der Waals surface area (Å²) in [6, 6.07) is 21.3. The summed E-state index contributed by atoms with van der Waals surface area (Å²) in [5, 5.41) is 6.98. The van der Waals surface area contributed by atoms with Crippen LogP contribution in [-0.4, -0.2) is 24.1 Å². The summed E-state index contributed by atoms with van der Waals surface area (Å²) in [6.45, 7) is 0. The lowest BCUT2D eigenvalue weighted by Gasteiger charge is -2.13. The number of hydrogen-bond donors (Lipinski definition) is 2. The van der Waals surface area contributed by atoms with Crippen LogP contribution in [0.3, 0.4) is 0 Å². The van der Waals surface area contributed by atoms with Crippen molar-refractivity contribution < 1.29 is 19.1 Å². The van der Waals surface area contributed by atoms with Crippen molar-refractivity contribution in [1.82, 2.24) is 4.98 Å². The minimum absolute atomic E-state index is 0.257. The number of nitrogens with one attached hydrogen (secondary N) is 2. The van der Waals surface area contributed by atoms with Crippen molar-refractivity contribution >= 4 is 46.3 Å². The van der Waals surface area contributed by atoms with Crippen LogP contribution in [0.1, 0.15) is 11.4 Å². The Bertz CT molecular complexity index is 1310. The molecule has 178 valence electrons. The van der Waals surface area contributed by atoms with Gasteiger partial charge in [-0.25, -0.2) is 9.78 Å². The number of ether oxygens (including phenoxy) is 2. The zero-order valence-corrected chi connectivity index (χ0v) is 20.4. The van der Waals surface area contributed by atoms with Gasteiger partial charge in [-0.3, -0.25) is 4.79 Å².